The summed E-state index contributed by atoms with van der Waals surface area (Å²) in [4.78, 5) is 11.6. The Bertz CT molecular complexity index is 839. The second-order valence-corrected chi connectivity index (χ2v) is 7.47. The molecule has 1 aromatic heterocycles. The Morgan fingerprint density at radius 1 is 0.885 bits per heavy atom. The highest BCUT2D eigenvalue weighted by Gasteiger charge is 2.16. The first-order valence-electron chi connectivity index (χ1n) is 8.91. The monoisotopic (exact) mass is 346 g/mol. The third-order valence-electron chi connectivity index (χ3n) is 3.86. The molecule has 4 heteroatoms. The van der Waals surface area contributed by atoms with E-state index in [1.54, 1.807) is 0 Å². The molecule has 0 atom stereocenters. The predicted octanol–water partition coefficient (Wildman–Crippen LogP) is 5.33. The normalized spacial score (nSPS) is 11.2. The Labute approximate surface area is 155 Å². The molecule has 0 unspecified atom stereocenters. The molecule has 0 radical (unpaired) electrons. The fourth-order valence-electron chi connectivity index (χ4n) is 2.76. The van der Waals surface area contributed by atoms with Crippen LogP contribution in [0.2, 0.25) is 0 Å². The van der Waals surface area contributed by atoms with E-state index in [4.69, 9.17) is 4.98 Å². The van der Waals surface area contributed by atoms with Crippen molar-refractivity contribution in [1.29, 1.82) is 0 Å². The van der Waals surface area contributed by atoms with E-state index in [9.17, 15) is 0 Å². The van der Waals surface area contributed by atoms with Crippen molar-refractivity contribution in [3.8, 4) is 0 Å². The van der Waals surface area contributed by atoms with Gasteiger partial charge < -0.3 is 10.2 Å². The van der Waals surface area contributed by atoms with Gasteiger partial charge in [-0.1, -0.05) is 48.5 Å². The van der Waals surface area contributed by atoms with Crippen LogP contribution in [0.1, 0.15) is 32.0 Å². The molecule has 0 spiro atoms. The molecule has 0 aliphatic heterocycles. The molecule has 0 amide bonds. The minimum atomic E-state index is -0.0952. The number of rotatable bonds is 5. The third-order valence-corrected chi connectivity index (χ3v) is 3.86. The number of hydrogen-bond acceptors (Lipinski definition) is 4. The van der Waals surface area contributed by atoms with E-state index in [0.29, 0.717) is 5.95 Å². The zero-order chi connectivity index (χ0) is 18.6. The van der Waals surface area contributed by atoms with Crippen LogP contribution in [0.4, 0.5) is 17.5 Å². The van der Waals surface area contributed by atoms with Crippen molar-refractivity contribution >= 4 is 17.5 Å². The Balaban J connectivity index is 2.01. The van der Waals surface area contributed by atoms with Gasteiger partial charge in [0.15, 0.2) is 0 Å². The number of nitrogens with one attached hydrogen (secondary N) is 1. The van der Waals surface area contributed by atoms with E-state index in [0.717, 1.165) is 23.7 Å². The minimum absolute atomic E-state index is 0.0952. The molecule has 0 saturated carbocycles. The zero-order valence-corrected chi connectivity index (χ0v) is 15.9. The van der Waals surface area contributed by atoms with Crippen LogP contribution in [0.25, 0.3) is 0 Å². The van der Waals surface area contributed by atoms with E-state index in [1.807, 2.05) is 25.1 Å². The van der Waals surface area contributed by atoms with E-state index in [-0.39, 0.29) is 5.54 Å². The second kappa shape index (κ2) is 7.56. The van der Waals surface area contributed by atoms with Crippen LogP contribution < -0.4 is 10.2 Å². The summed E-state index contributed by atoms with van der Waals surface area (Å²) >= 11 is 0. The Hall–Kier alpha value is -2.88. The number of para-hydroxylation sites is 1. The molecule has 1 N–H and O–H groups in total. The van der Waals surface area contributed by atoms with Gasteiger partial charge >= 0.3 is 0 Å². The lowest BCUT2D eigenvalue weighted by molar-refractivity contribution is 0.625. The molecule has 0 fully saturated rings. The first-order valence-corrected chi connectivity index (χ1v) is 8.91. The molecule has 3 aromatic rings. The van der Waals surface area contributed by atoms with Crippen LogP contribution in [0, 0.1) is 6.92 Å². The summed E-state index contributed by atoms with van der Waals surface area (Å²) in [6.07, 6.45) is 0. The molecule has 4 nitrogen and oxygen atoms in total. The largest absolute Gasteiger partial charge is 0.350 e. The lowest BCUT2D eigenvalue weighted by atomic mass is 10.1. The summed E-state index contributed by atoms with van der Waals surface area (Å²) in [5.74, 6) is 1.54. The van der Waals surface area contributed by atoms with Gasteiger partial charge in [0.25, 0.3) is 0 Å². The average Bonchev–Trinajstić information content (AvgIpc) is 2.59. The summed E-state index contributed by atoms with van der Waals surface area (Å²) in [5, 5.41) is 3.38. The summed E-state index contributed by atoms with van der Waals surface area (Å²) in [6.45, 7) is 9.08. The molecule has 0 saturated heterocycles. The molecule has 1 heterocycles. The van der Waals surface area contributed by atoms with Gasteiger partial charge in [-0.25, -0.2) is 4.98 Å². The Kier molecular flexibility index (Phi) is 5.21. The highest BCUT2D eigenvalue weighted by Crippen LogP contribution is 2.27. The molecule has 134 valence electrons. The standard InChI is InChI=1S/C22H26N4/c1-17-15-20(24-21(23-17)25-22(2,3)4)26(19-13-9-6-10-14-19)16-18-11-7-5-8-12-18/h5-15H,16H2,1-4H3,(H,23,24,25). The van der Waals surface area contributed by atoms with Crippen LogP contribution in [-0.4, -0.2) is 15.5 Å². The maximum atomic E-state index is 4.80. The Morgan fingerprint density at radius 3 is 2.12 bits per heavy atom. The van der Waals surface area contributed by atoms with Crippen molar-refractivity contribution in [2.24, 2.45) is 0 Å². The third kappa shape index (κ3) is 4.82. The van der Waals surface area contributed by atoms with Crippen LogP contribution in [-0.2, 0) is 6.54 Å². The Morgan fingerprint density at radius 2 is 1.50 bits per heavy atom. The van der Waals surface area contributed by atoms with Crippen LogP contribution in [0.5, 0.6) is 0 Å². The van der Waals surface area contributed by atoms with Crippen molar-refractivity contribution in [3.05, 3.63) is 78.0 Å². The summed E-state index contributed by atoms with van der Waals surface area (Å²) in [6, 6.07) is 22.8. The van der Waals surface area contributed by atoms with Gasteiger partial charge in [0.1, 0.15) is 5.82 Å². The van der Waals surface area contributed by atoms with E-state index >= 15 is 0 Å². The molecule has 2 aromatic carbocycles. The van der Waals surface area contributed by atoms with E-state index in [1.165, 1.54) is 5.56 Å². The number of aromatic nitrogens is 2. The molecular formula is C22H26N4. The maximum absolute atomic E-state index is 4.80. The van der Waals surface area contributed by atoms with Gasteiger partial charge in [-0.15, -0.1) is 0 Å². The first-order chi connectivity index (χ1) is 12.4. The van der Waals surface area contributed by atoms with Crippen molar-refractivity contribution in [2.45, 2.75) is 39.8 Å². The van der Waals surface area contributed by atoms with E-state index in [2.05, 4.69) is 84.5 Å². The number of aryl methyl sites for hydroxylation is 1. The molecule has 3 rings (SSSR count). The summed E-state index contributed by atoms with van der Waals surface area (Å²) in [5.41, 5.74) is 3.19. The van der Waals surface area contributed by atoms with Gasteiger partial charge in [-0.2, -0.15) is 4.98 Å². The fourth-order valence-corrected chi connectivity index (χ4v) is 2.76. The number of hydrogen-bond donors (Lipinski definition) is 1. The zero-order valence-electron chi connectivity index (χ0n) is 15.9. The predicted molar refractivity (Wildman–Crippen MR) is 109 cm³/mol. The molecule has 0 aliphatic rings. The van der Waals surface area contributed by atoms with Gasteiger partial charge in [-0.05, 0) is 45.4 Å². The maximum Gasteiger partial charge on any atom is 0.225 e. The molecule has 0 aliphatic carbocycles. The van der Waals surface area contributed by atoms with Gasteiger partial charge in [0.05, 0.1) is 0 Å². The average molecular weight is 346 g/mol. The molecular weight excluding hydrogens is 320 g/mol. The topological polar surface area (TPSA) is 41.1 Å². The van der Waals surface area contributed by atoms with Gasteiger partial charge in [0.2, 0.25) is 5.95 Å². The second-order valence-electron chi connectivity index (χ2n) is 7.47. The SMILES string of the molecule is Cc1cc(N(Cc2ccccc2)c2ccccc2)nc(NC(C)(C)C)n1. The van der Waals surface area contributed by atoms with Gasteiger partial charge in [-0.3, -0.25) is 0 Å². The van der Waals surface area contributed by atoms with Gasteiger partial charge in [0, 0.05) is 29.5 Å². The quantitative estimate of drug-likeness (QED) is 0.677. The summed E-state index contributed by atoms with van der Waals surface area (Å²) in [7, 11) is 0. The smallest absolute Gasteiger partial charge is 0.225 e. The molecule has 26 heavy (non-hydrogen) atoms. The van der Waals surface area contributed by atoms with E-state index < -0.39 is 0 Å². The lowest BCUT2D eigenvalue weighted by Crippen LogP contribution is -2.28. The van der Waals surface area contributed by atoms with Crippen LogP contribution in [0.3, 0.4) is 0 Å². The number of nitrogens with zero attached hydrogens (tertiary/aromatic N) is 3. The van der Waals surface area contributed by atoms with Crippen LogP contribution >= 0.6 is 0 Å². The first kappa shape index (κ1) is 17.9. The highest BCUT2D eigenvalue weighted by molar-refractivity contribution is 5.61. The van der Waals surface area contributed by atoms with Crippen molar-refractivity contribution in [2.75, 3.05) is 10.2 Å². The lowest BCUT2D eigenvalue weighted by Gasteiger charge is -2.26. The molecule has 0 bridgehead atoms. The van der Waals surface area contributed by atoms with Crippen molar-refractivity contribution < 1.29 is 0 Å². The van der Waals surface area contributed by atoms with Crippen molar-refractivity contribution in [1.82, 2.24) is 9.97 Å². The van der Waals surface area contributed by atoms with Crippen molar-refractivity contribution in [3.63, 3.8) is 0 Å². The van der Waals surface area contributed by atoms with Crippen LogP contribution in [0.15, 0.2) is 66.7 Å². The number of benzene rings is 2. The minimum Gasteiger partial charge on any atom is -0.350 e. The summed E-state index contributed by atoms with van der Waals surface area (Å²) < 4.78 is 0. The fraction of sp³-hybridized carbons (Fsp3) is 0.273. The number of anilines is 3. The highest BCUT2D eigenvalue weighted by atomic mass is 15.2.